The first-order chi connectivity index (χ1) is 9.28. The Labute approximate surface area is 118 Å². The molecule has 0 spiro atoms. The van der Waals surface area contributed by atoms with E-state index in [4.69, 9.17) is 0 Å². The molecule has 5 nitrogen and oxygen atoms in total. The molecule has 0 saturated heterocycles. The van der Waals surface area contributed by atoms with Gasteiger partial charge in [-0.15, -0.1) is 5.10 Å². The van der Waals surface area contributed by atoms with Crippen LogP contribution >= 0.6 is 11.5 Å². The van der Waals surface area contributed by atoms with Gasteiger partial charge in [0.2, 0.25) is 0 Å². The van der Waals surface area contributed by atoms with Crippen LogP contribution in [0.15, 0.2) is 12.3 Å². The average molecular weight is 279 g/mol. The summed E-state index contributed by atoms with van der Waals surface area (Å²) < 4.78 is 6.06. The number of hydrogen-bond donors (Lipinski definition) is 1. The van der Waals surface area contributed by atoms with Gasteiger partial charge < -0.3 is 5.32 Å². The highest BCUT2D eigenvalue weighted by Gasteiger charge is 2.16. The van der Waals surface area contributed by atoms with Gasteiger partial charge in [0.25, 0.3) is 0 Å². The Bertz CT molecular complexity index is 491. The molecule has 6 heteroatoms. The molecule has 1 atom stereocenters. The lowest BCUT2D eigenvalue weighted by atomic mass is 10.1. The summed E-state index contributed by atoms with van der Waals surface area (Å²) in [5.74, 6) is 0. The van der Waals surface area contributed by atoms with Gasteiger partial charge in [-0.05, 0) is 37.5 Å². The Morgan fingerprint density at radius 1 is 1.37 bits per heavy atom. The maximum atomic E-state index is 4.60. The van der Waals surface area contributed by atoms with E-state index in [1.54, 1.807) is 0 Å². The Hall–Kier alpha value is -1.27. The van der Waals surface area contributed by atoms with Crippen LogP contribution < -0.4 is 5.32 Å². The standard InChI is InChI=1S/C13H21N5S/c1-4-10-7-11(18(6-3)16-10)8-12(14-5-2)13-9-15-17-19-13/h7,9,12,14H,4-6,8H2,1-3H3. The topological polar surface area (TPSA) is 55.6 Å². The molecule has 1 N–H and O–H groups in total. The van der Waals surface area contributed by atoms with E-state index in [1.807, 2.05) is 6.20 Å². The van der Waals surface area contributed by atoms with Crippen LogP contribution in [-0.4, -0.2) is 25.9 Å². The molecule has 0 aliphatic heterocycles. The van der Waals surface area contributed by atoms with Crippen molar-refractivity contribution in [3.63, 3.8) is 0 Å². The number of nitrogens with zero attached hydrogens (tertiary/aromatic N) is 4. The molecule has 19 heavy (non-hydrogen) atoms. The summed E-state index contributed by atoms with van der Waals surface area (Å²) in [6.45, 7) is 8.24. The van der Waals surface area contributed by atoms with Gasteiger partial charge in [0.15, 0.2) is 0 Å². The fourth-order valence-electron chi connectivity index (χ4n) is 2.18. The minimum Gasteiger partial charge on any atom is -0.309 e. The van der Waals surface area contributed by atoms with Crippen molar-refractivity contribution in [3.8, 4) is 0 Å². The van der Waals surface area contributed by atoms with Crippen molar-refractivity contribution in [2.24, 2.45) is 0 Å². The van der Waals surface area contributed by atoms with Gasteiger partial charge >= 0.3 is 0 Å². The number of aromatic nitrogens is 4. The van der Waals surface area contributed by atoms with Crippen LogP contribution in [0.25, 0.3) is 0 Å². The van der Waals surface area contributed by atoms with Crippen molar-refractivity contribution >= 4 is 11.5 Å². The van der Waals surface area contributed by atoms with E-state index >= 15 is 0 Å². The minimum absolute atomic E-state index is 0.275. The van der Waals surface area contributed by atoms with Crippen LogP contribution in [0.3, 0.4) is 0 Å². The smallest absolute Gasteiger partial charge is 0.0669 e. The Kier molecular flexibility index (Phi) is 5.04. The summed E-state index contributed by atoms with van der Waals surface area (Å²) in [6.07, 6.45) is 3.76. The van der Waals surface area contributed by atoms with E-state index in [9.17, 15) is 0 Å². The minimum atomic E-state index is 0.275. The number of nitrogens with one attached hydrogen (secondary N) is 1. The number of aryl methyl sites for hydroxylation is 2. The van der Waals surface area contributed by atoms with Crippen molar-refractivity contribution in [2.45, 2.75) is 46.2 Å². The second-order valence-electron chi connectivity index (χ2n) is 4.43. The second kappa shape index (κ2) is 6.77. The van der Waals surface area contributed by atoms with Gasteiger partial charge in [0.1, 0.15) is 0 Å². The molecule has 0 fully saturated rings. The first kappa shape index (κ1) is 14.1. The monoisotopic (exact) mass is 279 g/mol. The first-order valence-electron chi connectivity index (χ1n) is 6.84. The van der Waals surface area contributed by atoms with E-state index in [2.05, 4.69) is 51.5 Å². The van der Waals surface area contributed by atoms with Crippen molar-refractivity contribution in [2.75, 3.05) is 6.54 Å². The SMILES string of the molecule is CCNC(Cc1cc(CC)nn1CC)c1cnns1. The lowest BCUT2D eigenvalue weighted by Gasteiger charge is -2.15. The lowest BCUT2D eigenvalue weighted by molar-refractivity contribution is 0.521. The van der Waals surface area contributed by atoms with E-state index < -0.39 is 0 Å². The highest BCUT2D eigenvalue weighted by Crippen LogP contribution is 2.21. The molecular formula is C13H21N5S. The van der Waals surface area contributed by atoms with Crippen LogP contribution in [0.1, 0.15) is 43.1 Å². The molecule has 0 amide bonds. The van der Waals surface area contributed by atoms with Crippen molar-refractivity contribution in [3.05, 3.63) is 28.5 Å². The van der Waals surface area contributed by atoms with Crippen LogP contribution in [0.5, 0.6) is 0 Å². The largest absolute Gasteiger partial charge is 0.309 e. The van der Waals surface area contributed by atoms with E-state index in [-0.39, 0.29) is 6.04 Å². The van der Waals surface area contributed by atoms with Crippen molar-refractivity contribution in [1.82, 2.24) is 24.7 Å². The molecule has 2 aromatic heterocycles. The van der Waals surface area contributed by atoms with Crippen molar-refractivity contribution in [1.29, 1.82) is 0 Å². The Balaban J connectivity index is 2.19. The predicted octanol–water partition coefficient (Wildman–Crippen LogP) is 2.21. The molecule has 0 radical (unpaired) electrons. The van der Waals surface area contributed by atoms with Gasteiger partial charge in [0.05, 0.1) is 22.8 Å². The molecule has 1 unspecified atom stereocenters. The van der Waals surface area contributed by atoms with E-state index in [0.29, 0.717) is 0 Å². The summed E-state index contributed by atoms with van der Waals surface area (Å²) in [5, 5.41) is 12.0. The third-order valence-corrected chi connectivity index (χ3v) is 3.94. The predicted molar refractivity (Wildman–Crippen MR) is 77.3 cm³/mol. The summed E-state index contributed by atoms with van der Waals surface area (Å²) in [5.41, 5.74) is 2.44. The summed E-state index contributed by atoms with van der Waals surface area (Å²) in [6, 6.07) is 2.49. The van der Waals surface area contributed by atoms with Gasteiger partial charge in [-0.3, -0.25) is 4.68 Å². The molecule has 0 aliphatic carbocycles. The van der Waals surface area contributed by atoms with Gasteiger partial charge in [-0.25, -0.2) is 0 Å². The highest BCUT2D eigenvalue weighted by molar-refractivity contribution is 7.05. The number of rotatable bonds is 7. The molecule has 0 aromatic carbocycles. The molecule has 0 aliphatic rings. The lowest BCUT2D eigenvalue weighted by Crippen LogP contribution is -2.23. The van der Waals surface area contributed by atoms with Crippen LogP contribution in [0, 0.1) is 0 Å². The number of hydrogen-bond acceptors (Lipinski definition) is 5. The molecular weight excluding hydrogens is 258 g/mol. The molecule has 104 valence electrons. The molecule has 0 saturated carbocycles. The maximum Gasteiger partial charge on any atom is 0.0669 e. The summed E-state index contributed by atoms with van der Waals surface area (Å²) in [7, 11) is 0. The molecule has 2 rings (SSSR count). The third kappa shape index (κ3) is 3.39. The van der Waals surface area contributed by atoms with Gasteiger partial charge in [-0.2, -0.15) is 5.10 Å². The maximum absolute atomic E-state index is 4.60. The third-order valence-electron chi connectivity index (χ3n) is 3.16. The fourth-order valence-corrected chi connectivity index (χ4v) is 2.76. The Morgan fingerprint density at radius 2 is 2.21 bits per heavy atom. The molecule has 2 heterocycles. The van der Waals surface area contributed by atoms with Crippen molar-refractivity contribution < 1.29 is 0 Å². The first-order valence-corrected chi connectivity index (χ1v) is 7.62. The normalized spacial score (nSPS) is 12.8. The zero-order chi connectivity index (χ0) is 13.7. The average Bonchev–Trinajstić information content (AvgIpc) is 3.07. The van der Waals surface area contributed by atoms with Crippen LogP contribution in [0.4, 0.5) is 0 Å². The summed E-state index contributed by atoms with van der Waals surface area (Å²) >= 11 is 1.46. The van der Waals surface area contributed by atoms with Crippen LogP contribution in [-0.2, 0) is 19.4 Å². The highest BCUT2D eigenvalue weighted by atomic mass is 32.1. The zero-order valence-corrected chi connectivity index (χ0v) is 12.6. The van der Waals surface area contributed by atoms with E-state index in [1.165, 1.54) is 22.1 Å². The Morgan fingerprint density at radius 3 is 2.79 bits per heavy atom. The summed E-state index contributed by atoms with van der Waals surface area (Å²) in [4.78, 5) is 1.18. The second-order valence-corrected chi connectivity index (χ2v) is 5.25. The fraction of sp³-hybridized carbons (Fsp3) is 0.615. The molecule has 0 bridgehead atoms. The molecule has 2 aromatic rings. The van der Waals surface area contributed by atoms with Gasteiger partial charge in [0, 0.05) is 18.7 Å². The van der Waals surface area contributed by atoms with Crippen LogP contribution in [0.2, 0.25) is 0 Å². The quantitative estimate of drug-likeness (QED) is 0.844. The van der Waals surface area contributed by atoms with Gasteiger partial charge in [-0.1, -0.05) is 18.3 Å². The zero-order valence-electron chi connectivity index (χ0n) is 11.8. The van der Waals surface area contributed by atoms with E-state index in [0.717, 1.165) is 31.6 Å². The number of likely N-dealkylation sites (N-methyl/N-ethyl adjacent to an activating group) is 1.